The minimum Gasteiger partial charge on any atom is -0.348 e. The molecule has 2 fully saturated rings. The number of carbonyl (C=O) groups excluding carboxylic acids is 8. The number of halogens is 4. The van der Waals surface area contributed by atoms with Gasteiger partial charge in [0, 0.05) is 41.3 Å². The number of carbonyl (C=O) groups is 8. The van der Waals surface area contributed by atoms with Gasteiger partial charge in [0.1, 0.15) is 29.9 Å². The first kappa shape index (κ1) is 62.8. The van der Waals surface area contributed by atoms with Gasteiger partial charge in [-0.25, -0.2) is 0 Å². The van der Waals surface area contributed by atoms with Crippen LogP contribution in [0.2, 0.25) is 10.0 Å². The molecule has 2 saturated heterocycles. The second-order valence-corrected chi connectivity index (χ2v) is 21.0. The number of benzene rings is 2. The Bertz CT molecular complexity index is 2460. The van der Waals surface area contributed by atoms with E-state index in [1.54, 1.807) is 125 Å². The second-order valence-electron chi connectivity index (χ2n) is 20.1. The number of aromatic nitrogens is 2. The zero-order valence-electron chi connectivity index (χ0n) is 43.6. The first-order valence-electron chi connectivity index (χ1n) is 24.2. The molecule has 0 radical (unpaired) electrons. The van der Waals surface area contributed by atoms with Crippen LogP contribution in [-0.2, 0) is 28.8 Å². The van der Waals surface area contributed by atoms with Gasteiger partial charge in [-0.05, 0) is 101 Å². The third-order valence-corrected chi connectivity index (χ3v) is 13.7. The molecule has 24 heteroatoms. The molecule has 3 aromatic rings. The van der Waals surface area contributed by atoms with Crippen molar-refractivity contribution in [2.24, 2.45) is 11.3 Å². The Morgan fingerprint density at radius 3 is 1.46 bits per heavy atom. The average molecular weight is 1110 g/mol. The first-order valence-corrected chi connectivity index (χ1v) is 24.9. The monoisotopic (exact) mass is 1110 g/mol. The number of nitrogens with one attached hydrogen (secondary N) is 9. The van der Waals surface area contributed by atoms with Crippen molar-refractivity contribution in [2.75, 3.05) is 27.2 Å². The van der Waals surface area contributed by atoms with Crippen molar-refractivity contribution in [2.45, 2.75) is 136 Å². The van der Waals surface area contributed by atoms with Crippen LogP contribution in [0.4, 0.5) is 0 Å². The van der Waals surface area contributed by atoms with Gasteiger partial charge in [0.2, 0.25) is 35.4 Å². The molecule has 0 aliphatic carbocycles. The topological polar surface area (TPSA) is 268 Å². The molecule has 9 N–H and O–H groups in total. The molecule has 3 heterocycles. The van der Waals surface area contributed by atoms with Crippen molar-refractivity contribution >= 4 is 95.3 Å². The molecule has 20 nitrogen and oxygen atoms in total. The van der Waals surface area contributed by atoms with E-state index in [9.17, 15) is 38.4 Å². The van der Waals surface area contributed by atoms with E-state index in [4.69, 9.17) is 23.2 Å². The SMILES string of the molecule is CN[C@H](C)C(=O)N[C@@H](C(=O)N1C[C@@H](NC(=O)c2cc(C(=O)N[C@H]3C[C@@H](C(=O)N[C@H](C)c4ccc(Cl)cc4)N(C(=O)[C@H](NC(=O)[C@@H](C)NC)C(C)(C)C)C3)[nH]n2)CC1C(=O)N[C@H](C)c1ccc(Cl)cc1)C(C)C.Cl.Cl. The Hall–Kier alpha value is -5.51. The van der Waals surface area contributed by atoms with Gasteiger partial charge in [-0.2, -0.15) is 5.10 Å². The Labute approximate surface area is 455 Å². The van der Waals surface area contributed by atoms with Crippen LogP contribution in [0, 0.1) is 11.3 Å². The number of likely N-dealkylation sites (N-methyl/N-ethyl adjacent to an activating group) is 2. The normalized spacial score (nSPS) is 19.8. The summed E-state index contributed by atoms with van der Waals surface area (Å²) < 4.78 is 0. The average Bonchev–Trinajstić information content (AvgIpc) is 4.11. The van der Waals surface area contributed by atoms with Crippen LogP contribution >= 0.6 is 48.0 Å². The van der Waals surface area contributed by atoms with Gasteiger partial charge in [-0.3, -0.25) is 43.5 Å². The molecule has 1 aromatic heterocycles. The van der Waals surface area contributed by atoms with E-state index in [-0.39, 0.29) is 68.1 Å². The molecule has 5 rings (SSSR count). The maximum Gasteiger partial charge on any atom is 0.272 e. The summed E-state index contributed by atoms with van der Waals surface area (Å²) in [5, 5.41) is 30.9. The van der Waals surface area contributed by atoms with E-state index in [1.165, 1.54) is 15.9 Å². The molecular weight excluding hydrogens is 1040 g/mol. The number of aromatic amines is 1. The summed E-state index contributed by atoms with van der Waals surface area (Å²) in [5.74, 6) is -4.47. The number of rotatable bonds is 19. The number of nitrogens with zero attached hydrogens (tertiary/aromatic N) is 3. The summed E-state index contributed by atoms with van der Waals surface area (Å²) in [6.07, 6.45) is 0.0499. The number of amides is 8. The lowest BCUT2D eigenvalue weighted by Gasteiger charge is -2.36. The van der Waals surface area contributed by atoms with Gasteiger partial charge < -0.3 is 52.3 Å². The lowest BCUT2D eigenvalue weighted by atomic mass is 9.85. The number of likely N-dealkylation sites (tertiary alicyclic amines) is 2. The predicted octanol–water partition coefficient (Wildman–Crippen LogP) is 3.60. The second kappa shape index (κ2) is 27.3. The van der Waals surface area contributed by atoms with E-state index < -0.39 is 113 Å². The third kappa shape index (κ3) is 16.0. The van der Waals surface area contributed by atoms with Crippen LogP contribution in [0.15, 0.2) is 54.6 Å². The Morgan fingerprint density at radius 1 is 0.622 bits per heavy atom. The van der Waals surface area contributed by atoms with Gasteiger partial charge in [0.15, 0.2) is 5.69 Å². The van der Waals surface area contributed by atoms with Crippen molar-refractivity contribution in [3.05, 3.63) is 87.2 Å². The summed E-state index contributed by atoms with van der Waals surface area (Å²) in [7, 11) is 3.25. The van der Waals surface area contributed by atoms with Crippen molar-refractivity contribution in [3.8, 4) is 0 Å². The Kier molecular flexibility index (Phi) is 23.2. The van der Waals surface area contributed by atoms with Crippen LogP contribution in [0.5, 0.6) is 0 Å². The highest BCUT2D eigenvalue weighted by Crippen LogP contribution is 2.28. The molecule has 0 spiro atoms. The third-order valence-electron chi connectivity index (χ3n) is 13.2. The van der Waals surface area contributed by atoms with Crippen molar-refractivity contribution < 1.29 is 38.4 Å². The molecule has 408 valence electrons. The minimum absolute atomic E-state index is 0. The molecule has 2 aliphatic rings. The maximum atomic E-state index is 14.5. The molecule has 10 atom stereocenters. The fourth-order valence-electron chi connectivity index (χ4n) is 8.55. The van der Waals surface area contributed by atoms with Gasteiger partial charge >= 0.3 is 0 Å². The highest BCUT2D eigenvalue weighted by Gasteiger charge is 2.47. The van der Waals surface area contributed by atoms with Gasteiger partial charge in [-0.1, -0.05) is 82.1 Å². The molecule has 2 aliphatic heterocycles. The summed E-state index contributed by atoms with van der Waals surface area (Å²) in [4.78, 5) is 113. The maximum absolute atomic E-state index is 14.5. The zero-order valence-corrected chi connectivity index (χ0v) is 46.7. The lowest BCUT2D eigenvalue weighted by molar-refractivity contribution is -0.144. The fourth-order valence-corrected chi connectivity index (χ4v) is 8.80. The minimum atomic E-state index is -1.04. The Morgan fingerprint density at radius 2 is 1.04 bits per heavy atom. The fraction of sp³-hybridized carbons (Fsp3) is 0.540. The van der Waals surface area contributed by atoms with Crippen molar-refractivity contribution in [1.29, 1.82) is 0 Å². The molecule has 1 unspecified atom stereocenters. The summed E-state index contributed by atoms with van der Waals surface area (Å²) in [5.41, 5.74) is 0.524. The van der Waals surface area contributed by atoms with Crippen LogP contribution < -0.4 is 42.5 Å². The Balaban J connectivity index is 0.00000722. The molecule has 0 saturated carbocycles. The van der Waals surface area contributed by atoms with Gasteiger partial charge in [0.05, 0.1) is 24.2 Å². The smallest absolute Gasteiger partial charge is 0.272 e. The molecule has 74 heavy (non-hydrogen) atoms. The number of hydrogen-bond donors (Lipinski definition) is 9. The van der Waals surface area contributed by atoms with E-state index in [0.29, 0.717) is 10.0 Å². The van der Waals surface area contributed by atoms with Crippen LogP contribution in [0.3, 0.4) is 0 Å². The van der Waals surface area contributed by atoms with Gasteiger partial charge in [0.25, 0.3) is 11.8 Å². The van der Waals surface area contributed by atoms with Crippen LogP contribution in [-0.4, -0.2) is 143 Å². The highest BCUT2D eigenvalue weighted by molar-refractivity contribution is 6.30. The molecule has 0 bridgehead atoms. The van der Waals surface area contributed by atoms with Crippen molar-refractivity contribution in [1.82, 2.24) is 62.5 Å². The number of hydrogen-bond acceptors (Lipinski definition) is 11. The number of H-pyrrole nitrogens is 1. The zero-order chi connectivity index (χ0) is 53.4. The summed E-state index contributed by atoms with van der Waals surface area (Å²) in [6.45, 7) is 15.7. The van der Waals surface area contributed by atoms with E-state index in [0.717, 1.165) is 11.1 Å². The van der Waals surface area contributed by atoms with Gasteiger partial charge in [-0.15, -0.1) is 24.8 Å². The highest BCUT2D eigenvalue weighted by atomic mass is 35.5. The lowest BCUT2D eigenvalue weighted by Crippen LogP contribution is -2.59. The standard InChI is InChI=1S/C50H70Cl2N12O8.2ClH/c1-25(2)40(59-42(65)28(5)53-10)48(71)63-23-34(20-38(63)46(69)55-26(3)30-12-16-32(51)17-13-30)57-44(67)36-22-37(62-61-36)45(68)58-35-21-39(47(70)56-27(4)31-14-18-33(52)19-15-31)64(24-35)49(72)41(50(7,8)9)60-43(66)29(6)54-11;;/h12-19,22,25-29,34-35,38-41,53-54H,20-21,23-24H2,1-11H3,(H,55,69)(H,56,70)(H,57,67)(H,58,68)(H,59,65)(H,60,66)(H,61,62);2*1H/t26-,27-,28-,29-,34+,35+,38?,39+,40-,41+;;/m1../s1. The van der Waals surface area contributed by atoms with E-state index in [1.807, 2.05) is 0 Å². The van der Waals surface area contributed by atoms with Crippen molar-refractivity contribution in [3.63, 3.8) is 0 Å². The quantitative estimate of drug-likeness (QED) is 0.0838. The molecule has 2 aromatic carbocycles. The predicted molar refractivity (Wildman–Crippen MR) is 287 cm³/mol. The van der Waals surface area contributed by atoms with E-state index >= 15 is 0 Å². The van der Waals surface area contributed by atoms with E-state index in [2.05, 4.69) is 52.7 Å². The summed E-state index contributed by atoms with van der Waals surface area (Å²) in [6, 6.07) is 7.46. The van der Waals surface area contributed by atoms with Crippen LogP contribution in [0.25, 0.3) is 0 Å². The summed E-state index contributed by atoms with van der Waals surface area (Å²) >= 11 is 12.2. The largest absolute Gasteiger partial charge is 0.348 e. The van der Waals surface area contributed by atoms with Crippen LogP contribution in [0.1, 0.15) is 119 Å². The molecular formula is C50H72Cl4N12O8. The first-order chi connectivity index (χ1) is 33.8. The molecule has 8 amide bonds.